The molecule has 2 rings (SSSR count). The fourth-order valence-corrected chi connectivity index (χ4v) is 2.44. The van der Waals surface area contributed by atoms with Crippen LogP contribution in [0.1, 0.15) is 24.8 Å². The van der Waals surface area contributed by atoms with E-state index in [2.05, 4.69) is 17.0 Å². The lowest BCUT2D eigenvalue weighted by atomic mass is 10.0. The summed E-state index contributed by atoms with van der Waals surface area (Å²) in [6, 6.07) is 8.52. The van der Waals surface area contributed by atoms with Gasteiger partial charge >= 0.3 is 0 Å². The van der Waals surface area contributed by atoms with Crippen molar-refractivity contribution in [1.82, 2.24) is 4.90 Å². The van der Waals surface area contributed by atoms with Crippen LogP contribution in [0.15, 0.2) is 24.3 Å². The highest BCUT2D eigenvalue weighted by atomic mass is 16.5. The number of likely N-dealkylation sites (tertiary alicyclic amines) is 1. The molecule has 0 spiro atoms. The predicted molar refractivity (Wildman–Crippen MR) is 68.1 cm³/mol. The molecule has 17 heavy (non-hydrogen) atoms. The van der Waals surface area contributed by atoms with Crippen molar-refractivity contribution in [2.45, 2.75) is 31.8 Å². The van der Waals surface area contributed by atoms with Gasteiger partial charge in [0.2, 0.25) is 0 Å². The molecule has 94 valence electrons. The molecule has 3 heteroatoms. The van der Waals surface area contributed by atoms with Gasteiger partial charge < -0.3 is 9.84 Å². The molecular weight excluding hydrogens is 214 g/mol. The molecular formula is C14H21NO2. The van der Waals surface area contributed by atoms with E-state index in [0.717, 1.165) is 25.3 Å². The van der Waals surface area contributed by atoms with Crippen molar-refractivity contribution in [3.63, 3.8) is 0 Å². The van der Waals surface area contributed by atoms with E-state index in [1.807, 2.05) is 12.1 Å². The van der Waals surface area contributed by atoms with Gasteiger partial charge in [-0.15, -0.1) is 0 Å². The summed E-state index contributed by atoms with van der Waals surface area (Å²) in [6.45, 7) is 2.29. The maximum atomic E-state index is 9.36. The van der Waals surface area contributed by atoms with Gasteiger partial charge in [-0.25, -0.2) is 0 Å². The second-order valence-electron chi connectivity index (χ2n) is 4.65. The molecule has 0 radical (unpaired) electrons. The van der Waals surface area contributed by atoms with Gasteiger partial charge in [-0.2, -0.15) is 0 Å². The molecule has 1 N–H and O–H groups in total. The largest absolute Gasteiger partial charge is 0.497 e. The molecule has 0 bridgehead atoms. The first kappa shape index (κ1) is 12.4. The zero-order valence-electron chi connectivity index (χ0n) is 10.4. The molecule has 1 aliphatic rings. The van der Waals surface area contributed by atoms with Crippen molar-refractivity contribution in [2.24, 2.45) is 0 Å². The van der Waals surface area contributed by atoms with Crippen molar-refractivity contribution in [1.29, 1.82) is 0 Å². The lowest BCUT2D eigenvalue weighted by Crippen LogP contribution is -2.41. The summed E-state index contributed by atoms with van der Waals surface area (Å²) in [5.41, 5.74) is 1.28. The minimum atomic E-state index is 0.274. The van der Waals surface area contributed by atoms with E-state index < -0.39 is 0 Å². The minimum absolute atomic E-state index is 0.274. The topological polar surface area (TPSA) is 32.7 Å². The Morgan fingerprint density at radius 1 is 1.29 bits per heavy atom. The first-order chi connectivity index (χ1) is 8.33. The van der Waals surface area contributed by atoms with Crippen molar-refractivity contribution in [2.75, 3.05) is 20.3 Å². The van der Waals surface area contributed by atoms with Crippen LogP contribution in [0.25, 0.3) is 0 Å². The zero-order valence-corrected chi connectivity index (χ0v) is 10.4. The van der Waals surface area contributed by atoms with E-state index in [4.69, 9.17) is 4.74 Å². The van der Waals surface area contributed by atoms with Crippen LogP contribution >= 0.6 is 0 Å². The van der Waals surface area contributed by atoms with Crippen LogP contribution in [0.5, 0.6) is 5.75 Å². The molecule has 1 unspecified atom stereocenters. The number of aliphatic hydroxyl groups excluding tert-OH is 1. The molecule has 1 fully saturated rings. The molecule has 0 amide bonds. The number of ether oxygens (including phenoxy) is 1. The number of rotatable bonds is 4. The van der Waals surface area contributed by atoms with E-state index in [9.17, 15) is 5.11 Å². The fourth-order valence-electron chi connectivity index (χ4n) is 2.44. The maximum absolute atomic E-state index is 9.36. The number of nitrogens with zero attached hydrogens (tertiary/aromatic N) is 1. The third kappa shape index (κ3) is 3.20. The SMILES string of the molecule is COc1ccc(CN2CCCCC2CO)cc1. The Kier molecular flexibility index (Phi) is 4.40. The van der Waals surface area contributed by atoms with E-state index >= 15 is 0 Å². The van der Waals surface area contributed by atoms with Crippen molar-refractivity contribution in [3.05, 3.63) is 29.8 Å². The Hall–Kier alpha value is -1.06. The molecule has 1 atom stereocenters. The number of hydrogen-bond acceptors (Lipinski definition) is 3. The first-order valence-corrected chi connectivity index (χ1v) is 6.31. The van der Waals surface area contributed by atoms with Crippen LogP contribution in [-0.2, 0) is 6.54 Å². The Balaban J connectivity index is 1.98. The summed E-state index contributed by atoms with van der Waals surface area (Å²) in [6.07, 6.45) is 3.60. The highest BCUT2D eigenvalue weighted by Gasteiger charge is 2.21. The van der Waals surface area contributed by atoms with Crippen molar-refractivity contribution in [3.8, 4) is 5.75 Å². The second kappa shape index (κ2) is 6.03. The van der Waals surface area contributed by atoms with E-state index in [0.29, 0.717) is 6.04 Å². The maximum Gasteiger partial charge on any atom is 0.118 e. The fraction of sp³-hybridized carbons (Fsp3) is 0.571. The molecule has 0 saturated carbocycles. The number of piperidine rings is 1. The summed E-state index contributed by atoms with van der Waals surface area (Å²) < 4.78 is 5.15. The molecule has 1 heterocycles. The first-order valence-electron chi connectivity index (χ1n) is 6.31. The van der Waals surface area contributed by atoms with Crippen LogP contribution in [0.4, 0.5) is 0 Å². The van der Waals surface area contributed by atoms with Gasteiger partial charge in [0, 0.05) is 12.6 Å². The predicted octanol–water partition coefficient (Wildman–Crippen LogP) is 2.04. The molecule has 1 saturated heterocycles. The van der Waals surface area contributed by atoms with Gasteiger partial charge in [0.25, 0.3) is 0 Å². The highest BCUT2D eigenvalue weighted by Crippen LogP contribution is 2.20. The smallest absolute Gasteiger partial charge is 0.118 e. The summed E-state index contributed by atoms with van der Waals surface area (Å²) in [7, 11) is 1.68. The number of benzene rings is 1. The number of methoxy groups -OCH3 is 1. The monoisotopic (exact) mass is 235 g/mol. The van der Waals surface area contributed by atoms with E-state index in [1.165, 1.54) is 18.4 Å². The summed E-state index contributed by atoms with van der Waals surface area (Å²) in [5, 5.41) is 9.36. The molecule has 1 aromatic rings. The lowest BCUT2D eigenvalue weighted by molar-refractivity contribution is 0.0841. The van der Waals surface area contributed by atoms with Gasteiger partial charge in [0.15, 0.2) is 0 Å². The Labute approximate surface area is 103 Å². The van der Waals surface area contributed by atoms with Crippen LogP contribution < -0.4 is 4.74 Å². The van der Waals surface area contributed by atoms with Crippen molar-refractivity contribution >= 4 is 0 Å². The average molecular weight is 235 g/mol. The van der Waals surface area contributed by atoms with Crippen LogP contribution in [0.3, 0.4) is 0 Å². The number of aliphatic hydroxyl groups is 1. The summed E-state index contributed by atoms with van der Waals surface area (Å²) >= 11 is 0. The van der Waals surface area contributed by atoms with Crippen molar-refractivity contribution < 1.29 is 9.84 Å². The highest BCUT2D eigenvalue weighted by molar-refractivity contribution is 5.27. The van der Waals surface area contributed by atoms with Crippen LogP contribution in [0, 0.1) is 0 Å². The second-order valence-corrected chi connectivity index (χ2v) is 4.65. The Bertz CT molecular complexity index is 337. The van der Waals surface area contributed by atoms with E-state index in [1.54, 1.807) is 7.11 Å². The molecule has 1 aromatic carbocycles. The quantitative estimate of drug-likeness (QED) is 0.867. The molecule has 1 aliphatic heterocycles. The Morgan fingerprint density at radius 2 is 2.06 bits per heavy atom. The molecule has 3 nitrogen and oxygen atoms in total. The summed E-state index contributed by atoms with van der Waals surface area (Å²) in [5.74, 6) is 0.895. The standard InChI is InChI=1S/C14H21NO2/c1-17-14-7-5-12(6-8-14)10-15-9-3-2-4-13(15)11-16/h5-8,13,16H,2-4,9-11H2,1H3. The van der Waals surface area contributed by atoms with Gasteiger partial charge in [-0.3, -0.25) is 4.90 Å². The lowest BCUT2D eigenvalue weighted by Gasteiger charge is -2.34. The number of hydrogen-bond donors (Lipinski definition) is 1. The Morgan fingerprint density at radius 3 is 2.71 bits per heavy atom. The van der Waals surface area contributed by atoms with Gasteiger partial charge in [-0.05, 0) is 37.1 Å². The average Bonchev–Trinajstić information content (AvgIpc) is 2.40. The van der Waals surface area contributed by atoms with E-state index in [-0.39, 0.29) is 6.61 Å². The van der Waals surface area contributed by atoms with Crippen LogP contribution in [0.2, 0.25) is 0 Å². The summed E-state index contributed by atoms with van der Waals surface area (Å²) in [4.78, 5) is 2.38. The molecule has 0 aliphatic carbocycles. The normalized spacial score (nSPS) is 21.4. The third-order valence-electron chi connectivity index (χ3n) is 3.50. The molecule has 0 aromatic heterocycles. The van der Waals surface area contributed by atoms with Gasteiger partial charge in [0.1, 0.15) is 5.75 Å². The third-order valence-corrected chi connectivity index (χ3v) is 3.50. The minimum Gasteiger partial charge on any atom is -0.497 e. The zero-order chi connectivity index (χ0) is 12.1. The van der Waals surface area contributed by atoms with Gasteiger partial charge in [0.05, 0.1) is 13.7 Å². The van der Waals surface area contributed by atoms with Crippen LogP contribution in [-0.4, -0.2) is 36.3 Å². The van der Waals surface area contributed by atoms with Gasteiger partial charge in [-0.1, -0.05) is 18.6 Å².